The van der Waals surface area contributed by atoms with Crippen LogP contribution in [-0.2, 0) is 16.6 Å². The number of nitrogens with one attached hydrogen (secondary N) is 2. The predicted molar refractivity (Wildman–Crippen MR) is 83.0 cm³/mol. The van der Waals surface area contributed by atoms with Crippen LogP contribution < -0.4 is 14.8 Å². The van der Waals surface area contributed by atoms with Crippen molar-refractivity contribution in [1.82, 2.24) is 5.32 Å². The molecule has 6 heteroatoms. The molecule has 0 saturated carbocycles. The summed E-state index contributed by atoms with van der Waals surface area (Å²) in [6.07, 6.45) is 0. The lowest BCUT2D eigenvalue weighted by Gasteiger charge is -2.10. The van der Waals surface area contributed by atoms with Gasteiger partial charge in [0.15, 0.2) is 0 Å². The SMILES string of the molecule is CNCc1cccc(NS(=O)(=O)c2cccc(OC)c2)c1. The molecule has 0 aromatic heterocycles. The summed E-state index contributed by atoms with van der Waals surface area (Å²) in [6, 6.07) is 13.6. The quantitative estimate of drug-likeness (QED) is 0.858. The molecule has 2 N–H and O–H groups in total. The van der Waals surface area contributed by atoms with Crippen LogP contribution in [0.4, 0.5) is 5.69 Å². The molecule has 0 heterocycles. The van der Waals surface area contributed by atoms with Crippen LogP contribution in [0, 0.1) is 0 Å². The fourth-order valence-corrected chi connectivity index (χ4v) is 3.02. The molecule has 0 atom stereocenters. The summed E-state index contributed by atoms with van der Waals surface area (Å²) < 4.78 is 32.3. The van der Waals surface area contributed by atoms with E-state index in [0.717, 1.165) is 5.56 Å². The molecule has 2 aromatic carbocycles. The van der Waals surface area contributed by atoms with Crippen molar-refractivity contribution < 1.29 is 13.2 Å². The summed E-state index contributed by atoms with van der Waals surface area (Å²) in [7, 11) is -0.287. The Morgan fingerprint density at radius 3 is 2.57 bits per heavy atom. The van der Waals surface area contributed by atoms with E-state index in [1.807, 2.05) is 19.2 Å². The maximum Gasteiger partial charge on any atom is 0.262 e. The van der Waals surface area contributed by atoms with Gasteiger partial charge < -0.3 is 10.1 Å². The molecule has 0 saturated heterocycles. The van der Waals surface area contributed by atoms with Crippen LogP contribution in [0.1, 0.15) is 5.56 Å². The van der Waals surface area contributed by atoms with Gasteiger partial charge in [0.25, 0.3) is 10.0 Å². The predicted octanol–water partition coefficient (Wildman–Crippen LogP) is 2.22. The molecular formula is C15H18N2O3S. The van der Waals surface area contributed by atoms with Crippen molar-refractivity contribution in [2.75, 3.05) is 18.9 Å². The second-order valence-corrected chi connectivity index (χ2v) is 6.20. The zero-order chi connectivity index (χ0) is 15.3. The Kier molecular flexibility index (Phi) is 4.82. The Balaban J connectivity index is 2.26. The lowest BCUT2D eigenvalue weighted by molar-refractivity contribution is 0.413. The number of ether oxygens (including phenoxy) is 1. The number of methoxy groups -OCH3 is 1. The minimum atomic E-state index is -3.63. The standard InChI is InChI=1S/C15H18N2O3S/c1-16-11-12-5-3-6-13(9-12)17-21(18,19)15-8-4-7-14(10-15)20-2/h3-10,16-17H,11H2,1-2H3. The third kappa shape index (κ3) is 3.96. The van der Waals surface area contributed by atoms with Gasteiger partial charge in [-0.2, -0.15) is 0 Å². The molecule has 0 spiro atoms. The van der Waals surface area contributed by atoms with Crippen LogP contribution in [0.5, 0.6) is 5.75 Å². The van der Waals surface area contributed by atoms with Crippen molar-refractivity contribution in [2.24, 2.45) is 0 Å². The molecule has 0 amide bonds. The first-order valence-corrected chi connectivity index (χ1v) is 7.94. The van der Waals surface area contributed by atoms with Gasteiger partial charge in [-0.25, -0.2) is 8.42 Å². The monoisotopic (exact) mass is 306 g/mol. The van der Waals surface area contributed by atoms with Gasteiger partial charge in [-0.3, -0.25) is 4.72 Å². The molecule has 2 rings (SSSR count). The van der Waals surface area contributed by atoms with Crippen LogP contribution >= 0.6 is 0 Å². The minimum Gasteiger partial charge on any atom is -0.497 e. The highest BCUT2D eigenvalue weighted by molar-refractivity contribution is 7.92. The minimum absolute atomic E-state index is 0.167. The average molecular weight is 306 g/mol. The highest BCUT2D eigenvalue weighted by Gasteiger charge is 2.15. The fraction of sp³-hybridized carbons (Fsp3) is 0.200. The summed E-state index contributed by atoms with van der Waals surface area (Å²) in [6.45, 7) is 0.675. The van der Waals surface area contributed by atoms with Crippen LogP contribution in [0.3, 0.4) is 0 Å². The maximum atomic E-state index is 12.4. The molecule has 0 aliphatic heterocycles. The van der Waals surface area contributed by atoms with E-state index in [-0.39, 0.29) is 4.90 Å². The Morgan fingerprint density at radius 2 is 1.86 bits per heavy atom. The molecule has 0 bridgehead atoms. The zero-order valence-corrected chi connectivity index (χ0v) is 12.8. The van der Waals surface area contributed by atoms with Gasteiger partial charge in [-0.1, -0.05) is 18.2 Å². The fourth-order valence-electron chi connectivity index (χ4n) is 1.93. The molecule has 0 radical (unpaired) electrons. The molecule has 2 aromatic rings. The smallest absolute Gasteiger partial charge is 0.262 e. The van der Waals surface area contributed by atoms with E-state index in [9.17, 15) is 8.42 Å². The highest BCUT2D eigenvalue weighted by atomic mass is 32.2. The molecule has 0 fully saturated rings. The van der Waals surface area contributed by atoms with Crippen molar-refractivity contribution >= 4 is 15.7 Å². The number of sulfonamides is 1. The summed E-state index contributed by atoms with van der Waals surface area (Å²) >= 11 is 0. The van der Waals surface area contributed by atoms with Gasteiger partial charge in [0.05, 0.1) is 12.0 Å². The summed E-state index contributed by atoms with van der Waals surface area (Å²) in [5, 5.41) is 3.03. The number of rotatable bonds is 6. The molecule has 0 unspecified atom stereocenters. The Labute approximate surface area is 125 Å². The first kappa shape index (κ1) is 15.3. The molecular weight excluding hydrogens is 288 g/mol. The van der Waals surface area contributed by atoms with Crippen LogP contribution in [0.2, 0.25) is 0 Å². The van der Waals surface area contributed by atoms with Gasteiger partial charge in [0.2, 0.25) is 0 Å². The summed E-state index contributed by atoms with van der Waals surface area (Å²) in [5.41, 5.74) is 1.54. The Bertz CT molecular complexity index is 714. The van der Waals surface area contributed by atoms with Crippen LogP contribution in [0.15, 0.2) is 53.4 Å². The second-order valence-electron chi connectivity index (χ2n) is 4.52. The van der Waals surface area contributed by atoms with Gasteiger partial charge in [-0.05, 0) is 36.9 Å². The second kappa shape index (κ2) is 6.60. The number of anilines is 1. The number of hydrogen-bond acceptors (Lipinski definition) is 4. The Hall–Kier alpha value is -2.05. The van der Waals surface area contributed by atoms with Crippen LogP contribution in [-0.4, -0.2) is 22.6 Å². The van der Waals surface area contributed by atoms with E-state index in [2.05, 4.69) is 10.0 Å². The largest absolute Gasteiger partial charge is 0.497 e. The van der Waals surface area contributed by atoms with E-state index in [0.29, 0.717) is 18.0 Å². The normalized spacial score (nSPS) is 11.1. The lowest BCUT2D eigenvalue weighted by atomic mass is 10.2. The van der Waals surface area contributed by atoms with Crippen molar-refractivity contribution in [3.8, 4) is 5.75 Å². The molecule has 0 aliphatic carbocycles. The average Bonchev–Trinajstić information content (AvgIpc) is 2.47. The summed E-state index contributed by atoms with van der Waals surface area (Å²) in [4.78, 5) is 0.167. The van der Waals surface area contributed by atoms with Crippen molar-refractivity contribution in [2.45, 2.75) is 11.4 Å². The van der Waals surface area contributed by atoms with E-state index < -0.39 is 10.0 Å². The molecule has 5 nitrogen and oxygen atoms in total. The van der Waals surface area contributed by atoms with Crippen molar-refractivity contribution in [1.29, 1.82) is 0 Å². The molecule has 112 valence electrons. The third-order valence-corrected chi connectivity index (χ3v) is 4.29. The topological polar surface area (TPSA) is 67.4 Å². The van der Waals surface area contributed by atoms with Gasteiger partial charge >= 0.3 is 0 Å². The van der Waals surface area contributed by atoms with E-state index in [4.69, 9.17) is 4.74 Å². The van der Waals surface area contributed by atoms with Gasteiger partial charge in [0.1, 0.15) is 5.75 Å². The first-order chi connectivity index (χ1) is 10.0. The summed E-state index contributed by atoms with van der Waals surface area (Å²) in [5.74, 6) is 0.502. The number of benzene rings is 2. The van der Waals surface area contributed by atoms with Crippen LogP contribution in [0.25, 0.3) is 0 Å². The number of hydrogen-bond donors (Lipinski definition) is 2. The molecule has 0 aliphatic rings. The zero-order valence-electron chi connectivity index (χ0n) is 12.0. The third-order valence-electron chi connectivity index (χ3n) is 2.91. The van der Waals surface area contributed by atoms with E-state index >= 15 is 0 Å². The maximum absolute atomic E-state index is 12.4. The van der Waals surface area contributed by atoms with E-state index in [1.165, 1.54) is 19.2 Å². The van der Waals surface area contributed by atoms with E-state index in [1.54, 1.807) is 24.3 Å². The lowest BCUT2D eigenvalue weighted by Crippen LogP contribution is -2.13. The van der Waals surface area contributed by atoms with Gasteiger partial charge in [0, 0.05) is 18.3 Å². The van der Waals surface area contributed by atoms with Gasteiger partial charge in [-0.15, -0.1) is 0 Å². The van der Waals surface area contributed by atoms with Crippen molar-refractivity contribution in [3.05, 3.63) is 54.1 Å². The first-order valence-electron chi connectivity index (χ1n) is 6.45. The van der Waals surface area contributed by atoms with Crippen molar-refractivity contribution in [3.63, 3.8) is 0 Å². The highest BCUT2D eigenvalue weighted by Crippen LogP contribution is 2.20. The molecule has 21 heavy (non-hydrogen) atoms. The Morgan fingerprint density at radius 1 is 1.10 bits per heavy atom.